The van der Waals surface area contributed by atoms with Gasteiger partial charge in [0.2, 0.25) is 10.0 Å². The Morgan fingerprint density at radius 3 is 2.79 bits per heavy atom. The van der Waals surface area contributed by atoms with Gasteiger partial charge in [0.05, 0.1) is 0 Å². The number of nitrogens with zero attached hydrogens (tertiary/aromatic N) is 2. The van der Waals surface area contributed by atoms with Crippen molar-refractivity contribution in [1.29, 1.82) is 0 Å². The SMILES string of the molecule is CNc1ccc(S(=O)(=O)NCC2CCN(C)C2)cn1. The summed E-state index contributed by atoms with van der Waals surface area (Å²) in [6, 6.07) is 3.21. The van der Waals surface area contributed by atoms with Gasteiger partial charge in [0.15, 0.2) is 0 Å². The molecular formula is C12H20N4O2S. The molecule has 1 saturated heterocycles. The van der Waals surface area contributed by atoms with Crippen LogP contribution in [0.1, 0.15) is 6.42 Å². The number of sulfonamides is 1. The van der Waals surface area contributed by atoms with Crippen molar-refractivity contribution in [3.63, 3.8) is 0 Å². The Hall–Kier alpha value is -1.18. The maximum absolute atomic E-state index is 12.1. The Morgan fingerprint density at radius 1 is 1.47 bits per heavy atom. The van der Waals surface area contributed by atoms with E-state index in [-0.39, 0.29) is 4.90 Å². The van der Waals surface area contributed by atoms with Gasteiger partial charge in [-0.25, -0.2) is 18.1 Å². The summed E-state index contributed by atoms with van der Waals surface area (Å²) < 4.78 is 26.8. The molecule has 0 amide bonds. The average molecular weight is 284 g/mol. The first-order chi connectivity index (χ1) is 9.01. The number of hydrogen-bond acceptors (Lipinski definition) is 5. The van der Waals surface area contributed by atoms with Gasteiger partial charge in [0, 0.05) is 26.3 Å². The van der Waals surface area contributed by atoms with Crippen LogP contribution in [0.4, 0.5) is 5.82 Å². The molecule has 0 radical (unpaired) electrons. The lowest BCUT2D eigenvalue weighted by Gasteiger charge is -2.12. The summed E-state index contributed by atoms with van der Waals surface area (Å²) in [6.07, 6.45) is 2.41. The zero-order valence-corrected chi connectivity index (χ0v) is 12.1. The molecule has 1 fully saturated rings. The van der Waals surface area contributed by atoms with Crippen LogP contribution in [-0.2, 0) is 10.0 Å². The first-order valence-corrected chi connectivity index (χ1v) is 7.81. The van der Waals surface area contributed by atoms with Crippen molar-refractivity contribution in [3.8, 4) is 0 Å². The Kier molecular flexibility index (Phi) is 4.38. The van der Waals surface area contributed by atoms with Crippen molar-refractivity contribution < 1.29 is 8.42 Å². The maximum atomic E-state index is 12.1. The highest BCUT2D eigenvalue weighted by Gasteiger charge is 2.22. The first-order valence-electron chi connectivity index (χ1n) is 6.33. The molecule has 1 unspecified atom stereocenters. The van der Waals surface area contributed by atoms with Crippen molar-refractivity contribution in [2.75, 3.05) is 39.0 Å². The minimum Gasteiger partial charge on any atom is -0.373 e. The van der Waals surface area contributed by atoms with Crippen LogP contribution in [0.2, 0.25) is 0 Å². The highest BCUT2D eigenvalue weighted by atomic mass is 32.2. The lowest BCUT2D eigenvalue weighted by atomic mass is 10.1. The van der Waals surface area contributed by atoms with Crippen LogP contribution in [0.3, 0.4) is 0 Å². The smallest absolute Gasteiger partial charge is 0.242 e. The standard InChI is InChI=1S/C12H20N4O2S/c1-13-12-4-3-11(8-14-12)19(17,18)15-7-10-5-6-16(2)9-10/h3-4,8,10,15H,5-7,9H2,1-2H3,(H,13,14). The second kappa shape index (κ2) is 5.85. The van der Waals surface area contributed by atoms with Crippen LogP contribution in [0.15, 0.2) is 23.2 Å². The van der Waals surface area contributed by atoms with Gasteiger partial charge in [-0.15, -0.1) is 0 Å². The summed E-state index contributed by atoms with van der Waals surface area (Å²) in [5, 5.41) is 2.86. The average Bonchev–Trinajstić information content (AvgIpc) is 2.82. The molecule has 106 valence electrons. The van der Waals surface area contributed by atoms with Crippen molar-refractivity contribution >= 4 is 15.8 Å². The van der Waals surface area contributed by atoms with E-state index in [9.17, 15) is 8.42 Å². The number of pyridine rings is 1. The number of nitrogens with one attached hydrogen (secondary N) is 2. The zero-order valence-electron chi connectivity index (χ0n) is 11.3. The van der Waals surface area contributed by atoms with Gasteiger partial charge < -0.3 is 10.2 Å². The van der Waals surface area contributed by atoms with Gasteiger partial charge in [0.25, 0.3) is 0 Å². The lowest BCUT2D eigenvalue weighted by Crippen LogP contribution is -2.30. The summed E-state index contributed by atoms with van der Waals surface area (Å²) >= 11 is 0. The predicted octanol–water partition coefficient (Wildman–Crippen LogP) is 0.353. The molecule has 19 heavy (non-hydrogen) atoms. The maximum Gasteiger partial charge on any atom is 0.242 e. The Morgan fingerprint density at radius 2 is 2.26 bits per heavy atom. The van der Waals surface area contributed by atoms with Crippen LogP contribution in [0.5, 0.6) is 0 Å². The molecule has 0 saturated carbocycles. The van der Waals surface area contributed by atoms with Crippen molar-refractivity contribution in [1.82, 2.24) is 14.6 Å². The van der Waals surface area contributed by atoms with E-state index in [0.717, 1.165) is 19.5 Å². The Bertz CT molecular complexity index is 515. The van der Waals surface area contributed by atoms with E-state index in [1.165, 1.54) is 6.20 Å². The van der Waals surface area contributed by atoms with E-state index >= 15 is 0 Å². The second-order valence-corrected chi connectivity index (χ2v) is 6.66. The van der Waals surface area contributed by atoms with E-state index < -0.39 is 10.0 Å². The molecule has 0 aliphatic carbocycles. The van der Waals surface area contributed by atoms with Crippen molar-refractivity contribution in [2.24, 2.45) is 5.92 Å². The van der Waals surface area contributed by atoms with Gasteiger partial charge in [-0.3, -0.25) is 0 Å². The molecule has 2 heterocycles. The molecule has 7 heteroatoms. The minimum atomic E-state index is -3.45. The van der Waals surface area contributed by atoms with Gasteiger partial charge >= 0.3 is 0 Å². The molecule has 0 spiro atoms. The summed E-state index contributed by atoms with van der Waals surface area (Å²) in [6.45, 7) is 2.46. The van der Waals surface area contributed by atoms with Crippen LogP contribution >= 0.6 is 0 Å². The fourth-order valence-electron chi connectivity index (χ4n) is 2.19. The van der Waals surface area contributed by atoms with Crippen LogP contribution in [0.25, 0.3) is 0 Å². The second-order valence-electron chi connectivity index (χ2n) is 4.90. The van der Waals surface area contributed by atoms with E-state index in [1.807, 2.05) is 0 Å². The first kappa shape index (κ1) is 14.2. The predicted molar refractivity (Wildman–Crippen MR) is 74.6 cm³/mol. The molecule has 6 nitrogen and oxygen atoms in total. The Labute approximate surface area is 114 Å². The number of anilines is 1. The monoisotopic (exact) mass is 284 g/mol. The molecule has 1 aromatic rings. The summed E-state index contributed by atoms with van der Waals surface area (Å²) in [4.78, 5) is 6.43. The Balaban J connectivity index is 1.97. The highest BCUT2D eigenvalue weighted by molar-refractivity contribution is 7.89. The number of likely N-dealkylation sites (tertiary alicyclic amines) is 1. The third-order valence-electron chi connectivity index (χ3n) is 3.35. The molecule has 0 aromatic carbocycles. The molecule has 1 atom stereocenters. The van der Waals surface area contributed by atoms with E-state index in [2.05, 4.69) is 27.0 Å². The number of hydrogen-bond donors (Lipinski definition) is 2. The van der Waals surface area contributed by atoms with E-state index in [0.29, 0.717) is 18.3 Å². The van der Waals surface area contributed by atoms with Crippen molar-refractivity contribution in [3.05, 3.63) is 18.3 Å². The largest absolute Gasteiger partial charge is 0.373 e. The molecular weight excluding hydrogens is 264 g/mol. The van der Waals surface area contributed by atoms with Gasteiger partial charge in [-0.05, 0) is 38.1 Å². The summed E-state index contributed by atoms with van der Waals surface area (Å²) in [5.41, 5.74) is 0. The number of aromatic nitrogens is 1. The lowest BCUT2D eigenvalue weighted by molar-refractivity contribution is 0.394. The summed E-state index contributed by atoms with van der Waals surface area (Å²) in [5.74, 6) is 1.04. The number of rotatable bonds is 5. The molecule has 2 N–H and O–H groups in total. The van der Waals surface area contributed by atoms with E-state index in [4.69, 9.17) is 0 Å². The molecule has 1 aliphatic heterocycles. The third kappa shape index (κ3) is 3.65. The quantitative estimate of drug-likeness (QED) is 0.816. The molecule has 2 rings (SSSR count). The minimum absolute atomic E-state index is 0.206. The van der Waals surface area contributed by atoms with Gasteiger partial charge in [0.1, 0.15) is 10.7 Å². The van der Waals surface area contributed by atoms with E-state index in [1.54, 1.807) is 19.2 Å². The normalized spacial score (nSPS) is 20.6. The van der Waals surface area contributed by atoms with Gasteiger partial charge in [-0.2, -0.15) is 0 Å². The zero-order chi connectivity index (χ0) is 13.9. The third-order valence-corrected chi connectivity index (χ3v) is 4.76. The molecule has 1 aliphatic rings. The fourth-order valence-corrected chi connectivity index (χ4v) is 3.25. The molecule has 1 aromatic heterocycles. The summed E-state index contributed by atoms with van der Waals surface area (Å²) in [7, 11) is 0.343. The molecule has 0 bridgehead atoms. The fraction of sp³-hybridized carbons (Fsp3) is 0.583. The topological polar surface area (TPSA) is 74.3 Å². The highest BCUT2D eigenvalue weighted by Crippen LogP contribution is 2.15. The van der Waals surface area contributed by atoms with Crippen LogP contribution < -0.4 is 10.0 Å². The van der Waals surface area contributed by atoms with Crippen LogP contribution in [-0.4, -0.2) is 52.0 Å². The van der Waals surface area contributed by atoms with Crippen molar-refractivity contribution in [2.45, 2.75) is 11.3 Å². The van der Waals surface area contributed by atoms with Crippen LogP contribution in [0, 0.1) is 5.92 Å². The van der Waals surface area contributed by atoms with Gasteiger partial charge in [-0.1, -0.05) is 0 Å².